The number of hydrogen-bond acceptors (Lipinski definition) is 4. The van der Waals surface area contributed by atoms with Gasteiger partial charge in [0.25, 0.3) is 0 Å². The largest absolute Gasteiger partial charge is 0.375 e. The van der Waals surface area contributed by atoms with Crippen molar-refractivity contribution >= 4 is 26.7 Å². The Morgan fingerprint density at radius 3 is 2.67 bits per heavy atom. The third-order valence-electron chi connectivity index (χ3n) is 2.73. The number of thiazole rings is 1. The van der Waals surface area contributed by atoms with Crippen LogP contribution in [0.3, 0.4) is 0 Å². The smallest absolute Gasteiger partial charge is 0.181 e. The molecule has 2 N–H and O–H groups in total. The average Bonchev–Trinajstić information content (AvgIpc) is 2.78. The second-order valence-corrected chi connectivity index (χ2v) is 4.96. The Kier molecular flexibility index (Phi) is 2.47. The first kappa shape index (κ1) is 10.8. The van der Waals surface area contributed by atoms with Gasteiger partial charge in [0.05, 0.1) is 21.8 Å². The number of benzene rings is 2. The van der Waals surface area contributed by atoms with Gasteiger partial charge in [-0.2, -0.15) is 5.26 Å². The highest BCUT2D eigenvalue weighted by molar-refractivity contribution is 7.22. The molecule has 3 rings (SSSR count). The predicted molar refractivity (Wildman–Crippen MR) is 74.2 cm³/mol. The van der Waals surface area contributed by atoms with Crippen molar-refractivity contribution in [2.45, 2.75) is 0 Å². The number of rotatable bonds is 1. The molecule has 0 aliphatic carbocycles. The van der Waals surface area contributed by atoms with Gasteiger partial charge in [-0.25, -0.2) is 4.98 Å². The molecule has 3 aromatic rings. The second-order valence-electron chi connectivity index (χ2n) is 3.90. The van der Waals surface area contributed by atoms with Crippen LogP contribution in [0.25, 0.3) is 21.3 Å². The molecule has 0 fully saturated rings. The first-order valence-corrected chi connectivity index (χ1v) is 6.25. The summed E-state index contributed by atoms with van der Waals surface area (Å²) in [6.07, 6.45) is 0. The van der Waals surface area contributed by atoms with Gasteiger partial charge in [0.15, 0.2) is 5.13 Å². The summed E-state index contributed by atoms with van der Waals surface area (Å²) in [6, 6.07) is 15.8. The first-order valence-electron chi connectivity index (χ1n) is 5.43. The molecule has 1 aromatic heterocycles. The van der Waals surface area contributed by atoms with Crippen LogP contribution in [0.5, 0.6) is 0 Å². The molecule has 18 heavy (non-hydrogen) atoms. The van der Waals surface area contributed by atoms with Gasteiger partial charge in [0, 0.05) is 5.56 Å². The minimum Gasteiger partial charge on any atom is -0.375 e. The van der Waals surface area contributed by atoms with Crippen molar-refractivity contribution < 1.29 is 0 Å². The number of anilines is 1. The lowest BCUT2D eigenvalue weighted by molar-refractivity contribution is 1.47. The van der Waals surface area contributed by atoms with Gasteiger partial charge in [-0.1, -0.05) is 41.7 Å². The van der Waals surface area contributed by atoms with Gasteiger partial charge < -0.3 is 5.73 Å². The number of aromatic nitrogens is 1. The van der Waals surface area contributed by atoms with Crippen molar-refractivity contribution in [1.29, 1.82) is 5.26 Å². The number of nitrogens with two attached hydrogens (primary N) is 1. The molecule has 0 bridgehead atoms. The fourth-order valence-corrected chi connectivity index (χ4v) is 2.75. The highest BCUT2D eigenvalue weighted by Crippen LogP contribution is 2.33. The van der Waals surface area contributed by atoms with Gasteiger partial charge in [-0.3, -0.25) is 0 Å². The maximum atomic E-state index is 9.08. The van der Waals surface area contributed by atoms with E-state index in [1.165, 1.54) is 11.3 Å². The molecule has 3 nitrogen and oxygen atoms in total. The van der Waals surface area contributed by atoms with E-state index in [2.05, 4.69) is 11.1 Å². The molecule has 0 atom stereocenters. The van der Waals surface area contributed by atoms with Crippen LogP contribution in [0.2, 0.25) is 0 Å². The first-order chi connectivity index (χ1) is 8.78. The molecule has 0 aliphatic heterocycles. The molecular formula is C14H9N3S. The van der Waals surface area contributed by atoms with E-state index in [-0.39, 0.29) is 0 Å². The molecule has 0 saturated heterocycles. The summed E-state index contributed by atoms with van der Waals surface area (Å²) in [7, 11) is 0. The molecule has 2 aromatic carbocycles. The highest BCUT2D eigenvalue weighted by Gasteiger charge is 2.10. The molecular weight excluding hydrogens is 242 g/mol. The molecule has 4 heteroatoms. The Balaban J connectivity index is 2.37. The van der Waals surface area contributed by atoms with E-state index in [9.17, 15) is 0 Å². The summed E-state index contributed by atoms with van der Waals surface area (Å²) in [5.41, 5.74) is 9.25. The van der Waals surface area contributed by atoms with Crippen molar-refractivity contribution in [3.63, 3.8) is 0 Å². The number of nitriles is 1. The van der Waals surface area contributed by atoms with Gasteiger partial charge in [-0.15, -0.1) is 0 Å². The van der Waals surface area contributed by atoms with Gasteiger partial charge in [0.1, 0.15) is 0 Å². The second kappa shape index (κ2) is 4.13. The fourth-order valence-electron chi connectivity index (χ4n) is 1.95. The van der Waals surface area contributed by atoms with Crippen LogP contribution in [0, 0.1) is 11.3 Å². The monoisotopic (exact) mass is 251 g/mol. The van der Waals surface area contributed by atoms with Crippen molar-refractivity contribution in [2.24, 2.45) is 0 Å². The van der Waals surface area contributed by atoms with E-state index >= 15 is 0 Å². The summed E-state index contributed by atoms with van der Waals surface area (Å²) >= 11 is 1.41. The summed E-state index contributed by atoms with van der Waals surface area (Å²) in [5.74, 6) is 0. The van der Waals surface area contributed by atoms with Gasteiger partial charge in [-0.05, 0) is 17.7 Å². The third-order valence-corrected chi connectivity index (χ3v) is 3.56. The summed E-state index contributed by atoms with van der Waals surface area (Å²) < 4.78 is 0.949. The molecule has 0 spiro atoms. The molecule has 0 aliphatic rings. The molecule has 0 radical (unpaired) electrons. The lowest BCUT2D eigenvalue weighted by Crippen LogP contribution is -1.84. The number of nitrogen functional groups attached to an aromatic ring is 1. The Morgan fingerprint density at radius 1 is 1.17 bits per heavy atom. The Bertz CT molecular complexity index is 754. The Morgan fingerprint density at radius 2 is 1.94 bits per heavy atom. The van der Waals surface area contributed by atoms with E-state index < -0.39 is 0 Å². The summed E-state index contributed by atoms with van der Waals surface area (Å²) in [5, 5.41) is 9.60. The molecule has 0 saturated carbocycles. The molecule has 86 valence electrons. The summed E-state index contributed by atoms with van der Waals surface area (Å²) in [4.78, 5) is 4.35. The summed E-state index contributed by atoms with van der Waals surface area (Å²) in [6.45, 7) is 0. The Labute approximate surface area is 108 Å². The van der Waals surface area contributed by atoms with Crippen LogP contribution in [-0.2, 0) is 0 Å². The van der Waals surface area contributed by atoms with Gasteiger partial charge in [0.2, 0.25) is 0 Å². The van der Waals surface area contributed by atoms with Crippen molar-refractivity contribution in [2.75, 3.05) is 5.73 Å². The van der Waals surface area contributed by atoms with Crippen LogP contribution in [0.4, 0.5) is 5.13 Å². The fraction of sp³-hybridized carbons (Fsp3) is 0. The zero-order chi connectivity index (χ0) is 12.5. The maximum absolute atomic E-state index is 9.08. The number of nitrogens with zero attached hydrogens (tertiary/aromatic N) is 2. The van der Waals surface area contributed by atoms with Crippen molar-refractivity contribution in [3.8, 4) is 17.2 Å². The van der Waals surface area contributed by atoms with Crippen LogP contribution >= 0.6 is 11.3 Å². The normalized spacial score (nSPS) is 10.4. The molecule has 0 unspecified atom stereocenters. The quantitative estimate of drug-likeness (QED) is 0.720. The number of hydrogen-bond donors (Lipinski definition) is 1. The molecule has 1 heterocycles. The standard InChI is InChI=1S/C14H9N3S/c15-8-9-6-11(10-4-2-1-3-5-10)13-12(7-9)18-14(16)17-13/h1-7H,(H2,16,17). The van der Waals surface area contributed by atoms with E-state index in [0.717, 1.165) is 21.3 Å². The van der Waals surface area contributed by atoms with Crippen LogP contribution in [-0.4, -0.2) is 4.98 Å². The zero-order valence-electron chi connectivity index (χ0n) is 9.42. The van der Waals surface area contributed by atoms with E-state index in [1.54, 1.807) is 0 Å². The minimum absolute atomic E-state index is 0.525. The average molecular weight is 251 g/mol. The van der Waals surface area contributed by atoms with Crippen molar-refractivity contribution in [3.05, 3.63) is 48.0 Å². The highest BCUT2D eigenvalue weighted by atomic mass is 32.1. The Hall–Kier alpha value is -2.38. The predicted octanol–water partition coefficient (Wildman–Crippen LogP) is 3.42. The maximum Gasteiger partial charge on any atom is 0.181 e. The SMILES string of the molecule is N#Cc1cc(-c2ccccc2)c2nc(N)sc2c1. The van der Waals surface area contributed by atoms with Crippen LogP contribution in [0.15, 0.2) is 42.5 Å². The van der Waals surface area contributed by atoms with Crippen LogP contribution in [0.1, 0.15) is 5.56 Å². The lowest BCUT2D eigenvalue weighted by atomic mass is 10.0. The van der Waals surface area contributed by atoms with E-state index in [1.807, 2.05) is 42.5 Å². The van der Waals surface area contributed by atoms with E-state index in [0.29, 0.717) is 10.7 Å². The third kappa shape index (κ3) is 1.71. The number of fused-ring (bicyclic) bond motifs is 1. The van der Waals surface area contributed by atoms with E-state index in [4.69, 9.17) is 11.0 Å². The lowest BCUT2D eigenvalue weighted by Gasteiger charge is -2.03. The minimum atomic E-state index is 0.525. The van der Waals surface area contributed by atoms with Gasteiger partial charge >= 0.3 is 0 Å². The molecule has 0 amide bonds. The van der Waals surface area contributed by atoms with Crippen molar-refractivity contribution in [1.82, 2.24) is 4.98 Å². The van der Waals surface area contributed by atoms with Crippen LogP contribution < -0.4 is 5.73 Å². The topological polar surface area (TPSA) is 62.7 Å². The zero-order valence-corrected chi connectivity index (χ0v) is 10.2.